The van der Waals surface area contributed by atoms with E-state index < -0.39 is 34.3 Å². The first-order chi connectivity index (χ1) is 11.8. The molecule has 1 aromatic rings. The number of rotatable bonds is 4. The molecule has 2 rings (SSSR count). The summed E-state index contributed by atoms with van der Waals surface area (Å²) in [4.78, 5) is 14.3. The molecule has 0 aromatic heterocycles. The van der Waals surface area contributed by atoms with Crippen LogP contribution < -0.4 is 0 Å². The van der Waals surface area contributed by atoms with Gasteiger partial charge in [0, 0.05) is 24.1 Å². The van der Waals surface area contributed by atoms with Crippen LogP contribution in [-0.2, 0) is 10.2 Å². The Morgan fingerprint density at radius 1 is 1.27 bits per heavy atom. The molecule has 1 aromatic carbocycles. The summed E-state index contributed by atoms with van der Waals surface area (Å²) in [6.07, 6.45) is -0.0241. The highest BCUT2D eigenvalue weighted by atomic mass is 19.1. The zero-order chi connectivity index (χ0) is 19.9. The second kappa shape index (κ2) is 6.80. The van der Waals surface area contributed by atoms with Gasteiger partial charge in [-0.3, -0.25) is 0 Å². The van der Waals surface area contributed by atoms with E-state index in [1.807, 2.05) is 20.8 Å². The number of hydrogen-bond donors (Lipinski definition) is 1. The number of aliphatic hydroxyl groups excluding tert-OH is 1. The van der Waals surface area contributed by atoms with Crippen molar-refractivity contribution in [1.29, 1.82) is 0 Å². The molecule has 2 atom stereocenters. The van der Waals surface area contributed by atoms with Crippen LogP contribution in [0.5, 0.6) is 0 Å². The average Bonchev–Trinajstić information content (AvgIpc) is 3.19. The van der Waals surface area contributed by atoms with Gasteiger partial charge < -0.3 is 14.7 Å². The van der Waals surface area contributed by atoms with Crippen LogP contribution in [0.4, 0.5) is 13.6 Å². The number of carbonyl (C=O) groups excluding carboxylic acids is 1. The van der Waals surface area contributed by atoms with E-state index in [-0.39, 0.29) is 24.6 Å². The summed E-state index contributed by atoms with van der Waals surface area (Å²) >= 11 is 0. The Morgan fingerprint density at radius 2 is 1.88 bits per heavy atom. The Morgan fingerprint density at radius 3 is 2.35 bits per heavy atom. The third-order valence-electron chi connectivity index (χ3n) is 4.78. The van der Waals surface area contributed by atoms with Crippen LogP contribution in [0.25, 0.3) is 0 Å². The van der Waals surface area contributed by atoms with Gasteiger partial charge in [0.15, 0.2) is 0 Å². The van der Waals surface area contributed by atoms with Gasteiger partial charge in [0.1, 0.15) is 17.2 Å². The monoisotopic (exact) mass is 369 g/mol. The van der Waals surface area contributed by atoms with E-state index >= 15 is 0 Å². The van der Waals surface area contributed by atoms with E-state index in [2.05, 4.69) is 0 Å². The number of aliphatic hydroxyl groups is 1. The van der Waals surface area contributed by atoms with Gasteiger partial charge in [0.25, 0.3) is 0 Å². The Bertz CT molecular complexity index is 679. The number of hydrogen-bond acceptors (Lipinski definition) is 3. The Kier molecular flexibility index (Phi) is 5.39. The predicted octanol–water partition coefficient (Wildman–Crippen LogP) is 4.25. The van der Waals surface area contributed by atoms with Crippen molar-refractivity contribution in [2.45, 2.75) is 64.5 Å². The van der Waals surface area contributed by atoms with Gasteiger partial charge in [-0.15, -0.1) is 0 Å². The summed E-state index contributed by atoms with van der Waals surface area (Å²) in [5, 5.41) is 9.65. The SMILES string of the molecule is CC(C)(C)OC(=O)N(C[C@@]1(c2cc(F)ccc2F)C[C@H]1CO)C(C)(C)C. The highest BCUT2D eigenvalue weighted by Crippen LogP contribution is 2.56. The van der Waals surface area contributed by atoms with Crippen LogP contribution in [0.3, 0.4) is 0 Å². The van der Waals surface area contributed by atoms with Crippen molar-refractivity contribution in [3.63, 3.8) is 0 Å². The normalized spacial score (nSPS) is 22.9. The van der Waals surface area contributed by atoms with Gasteiger partial charge in [0.2, 0.25) is 0 Å². The van der Waals surface area contributed by atoms with E-state index in [4.69, 9.17) is 4.74 Å². The fourth-order valence-corrected chi connectivity index (χ4v) is 3.28. The summed E-state index contributed by atoms with van der Waals surface area (Å²) in [6, 6.07) is 3.33. The second-order valence-electron chi connectivity index (χ2n) is 9.10. The third-order valence-corrected chi connectivity index (χ3v) is 4.78. The minimum absolute atomic E-state index is 0.150. The maximum Gasteiger partial charge on any atom is 0.410 e. The van der Waals surface area contributed by atoms with Crippen LogP contribution in [0.15, 0.2) is 18.2 Å². The van der Waals surface area contributed by atoms with E-state index in [0.717, 1.165) is 12.1 Å². The molecule has 1 aliphatic carbocycles. The third kappa shape index (κ3) is 4.34. The molecule has 0 spiro atoms. The molecule has 0 unspecified atom stereocenters. The highest BCUT2D eigenvalue weighted by molar-refractivity contribution is 5.69. The maximum absolute atomic E-state index is 14.5. The lowest BCUT2D eigenvalue weighted by Gasteiger charge is -2.39. The minimum Gasteiger partial charge on any atom is -0.444 e. The smallest absolute Gasteiger partial charge is 0.410 e. The van der Waals surface area contributed by atoms with Crippen molar-refractivity contribution in [1.82, 2.24) is 4.90 Å². The van der Waals surface area contributed by atoms with Crippen molar-refractivity contribution in [3.8, 4) is 0 Å². The topological polar surface area (TPSA) is 49.8 Å². The molecule has 1 N–H and O–H groups in total. The zero-order valence-electron chi connectivity index (χ0n) is 16.4. The summed E-state index contributed by atoms with van der Waals surface area (Å²) in [6.45, 7) is 10.9. The number of nitrogens with zero attached hydrogens (tertiary/aromatic N) is 1. The molecule has 0 bridgehead atoms. The lowest BCUT2D eigenvalue weighted by molar-refractivity contribution is 0.00254. The first-order valence-corrected chi connectivity index (χ1v) is 8.87. The van der Waals surface area contributed by atoms with Gasteiger partial charge in [-0.1, -0.05) is 0 Å². The van der Waals surface area contributed by atoms with Crippen LogP contribution in [0.1, 0.15) is 53.5 Å². The Hall–Kier alpha value is -1.69. The van der Waals surface area contributed by atoms with Crippen molar-refractivity contribution in [3.05, 3.63) is 35.4 Å². The molecule has 1 aliphatic rings. The quantitative estimate of drug-likeness (QED) is 0.863. The lowest BCUT2D eigenvalue weighted by Crippen LogP contribution is -2.51. The fourth-order valence-electron chi connectivity index (χ4n) is 3.28. The van der Waals surface area contributed by atoms with Gasteiger partial charge in [0.05, 0.1) is 0 Å². The van der Waals surface area contributed by atoms with E-state index in [1.54, 1.807) is 20.8 Å². The number of carbonyl (C=O) groups is 1. The molecular formula is C20H29F2NO3. The highest BCUT2D eigenvalue weighted by Gasteiger charge is 2.58. The maximum atomic E-state index is 14.5. The molecule has 0 aliphatic heterocycles. The number of benzene rings is 1. The molecule has 1 saturated carbocycles. The fraction of sp³-hybridized carbons (Fsp3) is 0.650. The van der Waals surface area contributed by atoms with Crippen molar-refractivity contribution in [2.24, 2.45) is 5.92 Å². The first kappa shape index (κ1) is 20.6. The van der Waals surface area contributed by atoms with E-state index in [0.29, 0.717) is 6.42 Å². The van der Waals surface area contributed by atoms with Crippen LogP contribution in [-0.4, -0.2) is 40.4 Å². The molecule has 26 heavy (non-hydrogen) atoms. The molecule has 1 fully saturated rings. The molecule has 0 saturated heterocycles. The van der Waals surface area contributed by atoms with Gasteiger partial charge in [-0.2, -0.15) is 0 Å². The Balaban J connectivity index is 2.40. The van der Waals surface area contributed by atoms with Gasteiger partial charge in [-0.25, -0.2) is 13.6 Å². The summed E-state index contributed by atoms with van der Waals surface area (Å²) in [5.41, 5.74) is -1.86. The van der Waals surface area contributed by atoms with Crippen molar-refractivity contribution < 1.29 is 23.4 Å². The lowest BCUT2D eigenvalue weighted by atomic mass is 9.90. The summed E-state index contributed by atoms with van der Waals surface area (Å²) in [5.74, 6) is -1.30. The number of amides is 1. The number of ether oxygens (including phenoxy) is 1. The molecule has 1 amide bonds. The van der Waals surface area contributed by atoms with E-state index in [9.17, 15) is 18.7 Å². The van der Waals surface area contributed by atoms with Gasteiger partial charge in [-0.05, 0) is 77.6 Å². The first-order valence-electron chi connectivity index (χ1n) is 8.87. The van der Waals surface area contributed by atoms with E-state index in [1.165, 1.54) is 11.0 Å². The largest absolute Gasteiger partial charge is 0.444 e. The minimum atomic E-state index is -0.814. The molecule has 0 radical (unpaired) electrons. The number of halogens is 2. The predicted molar refractivity (Wildman–Crippen MR) is 95.9 cm³/mol. The van der Waals surface area contributed by atoms with Crippen LogP contribution >= 0.6 is 0 Å². The summed E-state index contributed by atoms with van der Waals surface area (Å²) in [7, 11) is 0. The van der Waals surface area contributed by atoms with Crippen molar-refractivity contribution >= 4 is 6.09 Å². The molecule has 4 nitrogen and oxygen atoms in total. The van der Waals surface area contributed by atoms with Crippen molar-refractivity contribution in [2.75, 3.05) is 13.2 Å². The molecule has 0 heterocycles. The Labute approximate surface area is 154 Å². The van der Waals surface area contributed by atoms with Crippen LogP contribution in [0.2, 0.25) is 0 Å². The zero-order valence-corrected chi connectivity index (χ0v) is 16.4. The molecule has 6 heteroatoms. The summed E-state index contributed by atoms with van der Waals surface area (Å²) < 4.78 is 33.7. The second-order valence-corrected chi connectivity index (χ2v) is 9.10. The average molecular weight is 369 g/mol. The van der Waals surface area contributed by atoms with Crippen LogP contribution in [0, 0.1) is 17.6 Å². The standard InChI is InChI=1S/C20H29F2NO3/c1-18(2,3)23(17(25)26-19(4,5)6)12-20(10-13(20)11-24)15-9-14(21)7-8-16(15)22/h7-9,13,24H,10-12H2,1-6H3/t13-,20-/m0/s1. The van der Waals surface area contributed by atoms with Gasteiger partial charge >= 0.3 is 6.09 Å². The molecule has 146 valence electrons. The molecular weight excluding hydrogens is 340 g/mol.